The summed E-state index contributed by atoms with van der Waals surface area (Å²) < 4.78 is 1.36. The molecule has 98 valence electrons. The van der Waals surface area contributed by atoms with Gasteiger partial charge >= 0.3 is 0 Å². The summed E-state index contributed by atoms with van der Waals surface area (Å²) in [6.07, 6.45) is 8.83. The van der Waals surface area contributed by atoms with Gasteiger partial charge in [0.05, 0.1) is 0 Å². The van der Waals surface area contributed by atoms with Gasteiger partial charge in [0.25, 0.3) is 0 Å². The van der Waals surface area contributed by atoms with Crippen molar-refractivity contribution in [1.82, 2.24) is 0 Å². The molecule has 0 unspecified atom stereocenters. The Morgan fingerprint density at radius 1 is 0.889 bits per heavy atom. The SMILES string of the molecule is C[C@H]1CC[C@@H]2C[C@H](c3ccc(I)cc3)CC[C@H]2C1. The maximum atomic E-state index is 2.45. The lowest BCUT2D eigenvalue weighted by Crippen LogP contribution is -2.29. The van der Waals surface area contributed by atoms with Crippen LogP contribution in [0.4, 0.5) is 0 Å². The quantitative estimate of drug-likeness (QED) is 0.575. The van der Waals surface area contributed by atoms with Crippen LogP contribution in [-0.4, -0.2) is 0 Å². The van der Waals surface area contributed by atoms with Gasteiger partial charge in [0.15, 0.2) is 0 Å². The van der Waals surface area contributed by atoms with Crippen LogP contribution in [0.3, 0.4) is 0 Å². The minimum atomic E-state index is 0.844. The van der Waals surface area contributed by atoms with E-state index in [-0.39, 0.29) is 0 Å². The first-order chi connectivity index (χ1) is 8.72. The molecule has 2 saturated carbocycles. The highest BCUT2D eigenvalue weighted by atomic mass is 127. The van der Waals surface area contributed by atoms with Crippen LogP contribution in [0.15, 0.2) is 24.3 Å². The van der Waals surface area contributed by atoms with Crippen LogP contribution in [0.5, 0.6) is 0 Å². The molecule has 1 aromatic carbocycles. The first-order valence-electron chi connectivity index (χ1n) is 7.48. The zero-order valence-electron chi connectivity index (χ0n) is 11.2. The van der Waals surface area contributed by atoms with E-state index in [4.69, 9.17) is 0 Å². The number of hydrogen-bond donors (Lipinski definition) is 0. The van der Waals surface area contributed by atoms with Crippen LogP contribution in [-0.2, 0) is 0 Å². The molecule has 0 nitrogen and oxygen atoms in total. The molecule has 1 aromatic rings. The minimum absolute atomic E-state index is 0.844. The van der Waals surface area contributed by atoms with Gasteiger partial charge in [-0.25, -0.2) is 0 Å². The average molecular weight is 354 g/mol. The predicted octanol–water partition coefficient (Wildman–Crippen LogP) is 5.61. The lowest BCUT2D eigenvalue weighted by Gasteiger charge is -2.41. The molecular formula is C17H23I. The molecule has 0 heterocycles. The van der Waals surface area contributed by atoms with Gasteiger partial charge < -0.3 is 0 Å². The van der Waals surface area contributed by atoms with Gasteiger partial charge in [0.1, 0.15) is 0 Å². The lowest BCUT2D eigenvalue weighted by atomic mass is 9.64. The summed E-state index contributed by atoms with van der Waals surface area (Å²) in [6, 6.07) is 9.26. The van der Waals surface area contributed by atoms with Crippen molar-refractivity contribution in [2.24, 2.45) is 17.8 Å². The largest absolute Gasteiger partial charge is 0.0625 e. The number of benzene rings is 1. The molecule has 4 atom stereocenters. The highest BCUT2D eigenvalue weighted by molar-refractivity contribution is 14.1. The highest BCUT2D eigenvalue weighted by Crippen LogP contribution is 2.47. The topological polar surface area (TPSA) is 0 Å². The Bertz CT molecular complexity index is 395. The second-order valence-corrected chi connectivity index (χ2v) is 7.75. The molecule has 0 radical (unpaired) electrons. The second-order valence-electron chi connectivity index (χ2n) is 6.50. The molecule has 0 saturated heterocycles. The molecule has 0 N–H and O–H groups in total. The summed E-state index contributed by atoms with van der Waals surface area (Å²) in [5.74, 6) is 3.91. The van der Waals surface area contributed by atoms with E-state index >= 15 is 0 Å². The lowest BCUT2D eigenvalue weighted by molar-refractivity contribution is 0.124. The third-order valence-electron chi connectivity index (χ3n) is 5.22. The number of halogens is 1. The molecule has 0 aromatic heterocycles. The standard InChI is InChI=1S/C17H23I/c1-12-2-3-16-11-15(5-4-14(16)10-12)13-6-8-17(18)9-7-13/h6-9,12,14-16H,2-5,10-11H2,1H3/t12-,14-,15+,16+/m0/s1. The van der Waals surface area contributed by atoms with Crippen molar-refractivity contribution in [2.45, 2.75) is 51.4 Å². The van der Waals surface area contributed by atoms with Gasteiger partial charge in [0.2, 0.25) is 0 Å². The summed E-state index contributed by atoms with van der Waals surface area (Å²) in [4.78, 5) is 0. The molecular weight excluding hydrogens is 331 g/mol. The van der Waals surface area contributed by atoms with Crippen molar-refractivity contribution in [2.75, 3.05) is 0 Å². The van der Waals surface area contributed by atoms with Crippen LogP contribution < -0.4 is 0 Å². The summed E-state index contributed by atoms with van der Waals surface area (Å²) in [5, 5.41) is 0. The minimum Gasteiger partial charge on any atom is -0.0625 e. The van der Waals surface area contributed by atoms with Crippen LogP contribution >= 0.6 is 22.6 Å². The van der Waals surface area contributed by atoms with Gasteiger partial charge in [-0.2, -0.15) is 0 Å². The summed E-state index contributed by atoms with van der Waals surface area (Å²) in [6.45, 7) is 2.45. The Balaban J connectivity index is 1.68. The maximum absolute atomic E-state index is 2.45. The molecule has 2 aliphatic carbocycles. The Hall–Kier alpha value is -0.0500. The van der Waals surface area contributed by atoms with E-state index in [1.165, 1.54) is 42.1 Å². The van der Waals surface area contributed by atoms with Gasteiger partial charge in [-0.05, 0) is 96.1 Å². The molecule has 1 heteroatoms. The van der Waals surface area contributed by atoms with E-state index in [0.717, 1.165) is 23.7 Å². The van der Waals surface area contributed by atoms with Gasteiger partial charge in [0, 0.05) is 3.57 Å². The number of fused-ring (bicyclic) bond motifs is 1. The Morgan fingerprint density at radius 2 is 1.56 bits per heavy atom. The third-order valence-corrected chi connectivity index (χ3v) is 5.94. The Morgan fingerprint density at radius 3 is 2.33 bits per heavy atom. The third kappa shape index (κ3) is 2.76. The van der Waals surface area contributed by atoms with E-state index < -0.39 is 0 Å². The van der Waals surface area contributed by atoms with E-state index in [1.807, 2.05) is 0 Å². The second kappa shape index (κ2) is 5.52. The summed E-state index contributed by atoms with van der Waals surface area (Å²) in [7, 11) is 0. The van der Waals surface area contributed by atoms with Gasteiger partial charge in [-0.1, -0.05) is 25.5 Å². The molecule has 0 aliphatic heterocycles. The van der Waals surface area contributed by atoms with Crippen molar-refractivity contribution in [3.8, 4) is 0 Å². The zero-order chi connectivity index (χ0) is 12.5. The zero-order valence-corrected chi connectivity index (χ0v) is 13.4. The van der Waals surface area contributed by atoms with Gasteiger partial charge in [-0.15, -0.1) is 0 Å². The van der Waals surface area contributed by atoms with Crippen molar-refractivity contribution in [3.05, 3.63) is 33.4 Å². The van der Waals surface area contributed by atoms with Crippen molar-refractivity contribution in [3.63, 3.8) is 0 Å². The summed E-state index contributed by atoms with van der Waals surface area (Å²) in [5.41, 5.74) is 1.59. The smallest absolute Gasteiger partial charge is 0.0130 e. The van der Waals surface area contributed by atoms with E-state index in [2.05, 4.69) is 53.8 Å². The van der Waals surface area contributed by atoms with E-state index in [9.17, 15) is 0 Å². The average Bonchev–Trinajstić information content (AvgIpc) is 2.39. The normalized spacial score (nSPS) is 36.1. The molecule has 2 aliphatic rings. The first kappa shape index (κ1) is 13.0. The molecule has 0 spiro atoms. The maximum Gasteiger partial charge on any atom is 0.0130 e. The molecule has 18 heavy (non-hydrogen) atoms. The Labute approximate surface area is 125 Å². The van der Waals surface area contributed by atoms with E-state index in [0.29, 0.717) is 0 Å². The monoisotopic (exact) mass is 354 g/mol. The first-order valence-corrected chi connectivity index (χ1v) is 8.55. The number of rotatable bonds is 1. The fourth-order valence-electron chi connectivity index (χ4n) is 4.16. The van der Waals surface area contributed by atoms with E-state index in [1.54, 1.807) is 5.56 Å². The predicted molar refractivity (Wildman–Crippen MR) is 85.7 cm³/mol. The van der Waals surface area contributed by atoms with Crippen LogP contribution in [0.1, 0.15) is 56.9 Å². The van der Waals surface area contributed by atoms with Crippen molar-refractivity contribution in [1.29, 1.82) is 0 Å². The van der Waals surface area contributed by atoms with Crippen LogP contribution in [0, 0.1) is 21.3 Å². The summed E-state index contributed by atoms with van der Waals surface area (Å²) >= 11 is 2.40. The fourth-order valence-corrected chi connectivity index (χ4v) is 4.52. The Kier molecular flexibility index (Phi) is 3.97. The van der Waals surface area contributed by atoms with Crippen LogP contribution in [0.2, 0.25) is 0 Å². The van der Waals surface area contributed by atoms with Crippen molar-refractivity contribution < 1.29 is 0 Å². The van der Waals surface area contributed by atoms with Gasteiger partial charge in [-0.3, -0.25) is 0 Å². The highest BCUT2D eigenvalue weighted by Gasteiger charge is 2.34. The molecule has 0 amide bonds. The molecule has 0 bridgehead atoms. The van der Waals surface area contributed by atoms with Crippen molar-refractivity contribution >= 4 is 22.6 Å². The van der Waals surface area contributed by atoms with Crippen LogP contribution in [0.25, 0.3) is 0 Å². The molecule has 2 fully saturated rings. The molecule has 3 rings (SSSR count). The fraction of sp³-hybridized carbons (Fsp3) is 0.647. The number of hydrogen-bond acceptors (Lipinski definition) is 0.